The van der Waals surface area contributed by atoms with Crippen molar-refractivity contribution >= 4 is 23.0 Å². The van der Waals surface area contributed by atoms with Crippen molar-refractivity contribution < 1.29 is 9.72 Å². The number of nitrogens with one attached hydrogen (secondary N) is 2. The summed E-state index contributed by atoms with van der Waals surface area (Å²) < 4.78 is 0. The zero-order chi connectivity index (χ0) is 13.5. The summed E-state index contributed by atoms with van der Waals surface area (Å²) in [5.74, 6) is -0.0418. The molecule has 1 aromatic carbocycles. The van der Waals surface area contributed by atoms with Gasteiger partial charge in [0.1, 0.15) is 5.69 Å². The number of nitrogens with zero attached hydrogens (tertiary/aromatic N) is 1. The second kappa shape index (κ2) is 6.43. The minimum Gasteiger partial charge on any atom is -0.393 e. The van der Waals surface area contributed by atoms with Crippen LogP contribution in [0.5, 0.6) is 0 Å². The highest BCUT2D eigenvalue weighted by molar-refractivity contribution is 5.76. The zero-order valence-corrected chi connectivity index (χ0v) is 10.1. The van der Waals surface area contributed by atoms with Crippen LogP contribution in [-0.4, -0.2) is 23.9 Å². The van der Waals surface area contributed by atoms with Gasteiger partial charge in [-0.2, -0.15) is 0 Å². The van der Waals surface area contributed by atoms with Gasteiger partial charge in [-0.05, 0) is 19.1 Å². The van der Waals surface area contributed by atoms with E-state index in [4.69, 9.17) is 5.73 Å². The Morgan fingerprint density at radius 2 is 2.22 bits per heavy atom. The Hall–Kier alpha value is -2.31. The standard InChI is InChI=1S/C11H16N4O3/c1-2-13-11(16)5-6-14-8-3-4-10(15(17)18)9(12)7-8/h3-4,7,14H,2,5-6,12H2,1H3,(H,13,16). The van der Waals surface area contributed by atoms with Gasteiger partial charge < -0.3 is 16.4 Å². The molecule has 1 rings (SSSR count). The molecule has 98 valence electrons. The van der Waals surface area contributed by atoms with Crippen molar-refractivity contribution in [2.24, 2.45) is 0 Å². The number of nitro groups is 1. The maximum atomic E-state index is 11.2. The summed E-state index contributed by atoms with van der Waals surface area (Å²) in [7, 11) is 0. The summed E-state index contributed by atoms with van der Waals surface area (Å²) >= 11 is 0. The number of nitrogens with two attached hydrogens (primary N) is 1. The van der Waals surface area contributed by atoms with E-state index in [0.717, 1.165) is 0 Å². The van der Waals surface area contributed by atoms with Gasteiger partial charge in [-0.15, -0.1) is 0 Å². The number of carbonyl (C=O) groups excluding carboxylic acids is 1. The van der Waals surface area contributed by atoms with Crippen LogP contribution in [0.25, 0.3) is 0 Å². The molecule has 7 nitrogen and oxygen atoms in total. The maximum Gasteiger partial charge on any atom is 0.292 e. The van der Waals surface area contributed by atoms with E-state index in [1.165, 1.54) is 12.1 Å². The molecule has 7 heteroatoms. The minimum absolute atomic E-state index is 0.0418. The monoisotopic (exact) mass is 252 g/mol. The average Bonchev–Trinajstić information content (AvgIpc) is 2.29. The Labute approximate surface area is 105 Å². The average molecular weight is 252 g/mol. The molecule has 0 saturated heterocycles. The van der Waals surface area contributed by atoms with Gasteiger partial charge in [-0.3, -0.25) is 14.9 Å². The molecule has 4 N–H and O–H groups in total. The van der Waals surface area contributed by atoms with E-state index in [-0.39, 0.29) is 17.3 Å². The van der Waals surface area contributed by atoms with Crippen LogP contribution in [0.1, 0.15) is 13.3 Å². The second-order valence-corrected chi connectivity index (χ2v) is 3.66. The molecular weight excluding hydrogens is 236 g/mol. The van der Waals surface area contributed by atoms with Crippen molar-refractivity contribution in [3.05, 3.63) is 28.3 Å². The highest BCUT2D eigenvalue weighted by atomic mass is 16.6. The van der Waals surface area contributed by atoms with E-state index in [9.17, 15) is 14.9 Å². The number of nitro benzene ring substituents is 1. The number of hydrogen-bond donors (Lipinski definition) is 3. The van der Waals surface area contributed by atoms with E-state index in [0.29, 0.717) is 25.2 Å². The Balaban J connectivity index is 2.51. The largest absolute Gasteiger partial charge is 0.393 e. The van der Waals surface area contributed by atoms with Gasteiger partial charge in [-0.25, -0.2) is 0 Å². The van der Waals surface area contributed by atoms with Crippen molar-refractivity contribution in [3.63, 3.8) is 0 Å². The van der Waals surface area contributed by atoms with Gasteiger partial charge >= 0.3 is 0 Å². The second-order valence-electron chi connectivity index (χ2n) is 3.66. The highest BCUT2D eigenvalue weighted by Gasteiger charge is 2.10. The molecule has 1 aromatic rings. The fourth-order valence-electron chi connectivity index (χ4n) is 1.44. The van der Waals surface area contributed by atoms with Crippen LogP contribution < -0.4 is 16.4 Å². The zero-order valence-electron chi connectivity index (χ0n) is 10.1. The van der Waals surface area contributed by atoms with Gasteiger partial charge in [0.05, 0.1) is 4.92 Å². The van der Waals surface area contributed by atoms with Crippen LogP contribution in [0, 0.1) is 10.1 Å². The molecule has 0 radical (unpaired) electrons. The number of carbonyl (C=O) groups is 1. The molecule has 0 aromatic heterocycles. The third kappa shape index (κ3) is 3.93. The maximum absolute atomic E-state index is 11.2. The number of rotatable bonds is 6. The van der Waals surface area contributed by atoms with Gasteiger partial charge in [0, 0.05) is 31.3 Å². The van der Waals surface area contributed by atoms with Gasteiger partial charge in [0.25, 0.3) is 5.69 Å². The molecule has 0 aliphatic carbocycles. The van der Waals surface area contributed by atoms with Crippen molar-refractivity contribution in [1.29, 1.82) is 0 Å². The SMILES string of the molecule is CCNC(=O)CCNc1ccc([N+](=O)[O-])c(N)c1. The number of anilines is 2. The Morgan fingerprint density at radius 3 is 2.78 bits per heavy atom. The summed E-state index contributed by atoms with van der Waals surface area (Å²) in [6.45, 7) is 2.90. The first-order valence-electron chi connectivity index (χ1n) is 5.59. The first kappa shape index (κ1) is 13.8. The van der Waals surface area contributed by atoms with Crippen LogP contribution in [0.3, 0.4) is 0 Å². The lowest BCUT2D eigenvalue weighted by Gasteiger charge is -2.07. The third-order valence-electron chi connectivity index (χ3n) is 2.28. The third-order valence-corrected chi connectivity index (χ3v) is 2.28. The predicted molar refractivity (Wildman–Crippen MR) is 69.3 cm³/mol. The Kier molecular flexibility index (Phi) is 4.91. The highest BCUT2D eigenvalue weighted by Crippen LogP contribution is 2.24. The summed E-state index contributed by atoms with van der Waals surface area (Å²) in [5, 5.41) is 16.2. The fourth-order valence-corrected chi connectivity index (χ4v) is 1.44. The van der Waals surface area contributed by atoms with Gasteiger partial charge in [0.2, 0.25) is 5.91 Å². The molecule has 0 heterocycles. The molecule has 0 aliphatic rings. The number of nitrogen functional groups attached to an aromatic ring is 1. The molecule has 0 unspecified atom stereocenters. The van der Waals surface area contributed by atoms with Crippen LogP contribution >= 0.6 is 0 Å². The fraction of sp³-hybridized carbons (Fsp3) is 0.364. The van der Waals surface area contributed by atoms with Crippen LogP contribution in [0.2, 0.25) is 0 Å². The van der Waals surface area contributed by atoms with E-state index >= 15 is 0 Å². The number of benzene rings is 1. The minimum atomic E-state index is -0.534. The summed E-state index contributed by atoms with van der Waals surface area (Å²) in [4.78, 5) is 21.2. The summed E-state index contributed by atoms with van der Waals surface area (Å²) in [5.41, 5.74) is 6.17. The first-order chi connectivity index (χ1) is 8.54. The lowest BCUT2D eigenvalue weighted by Crippen LogP contribution is -2.24. The molecule has 18 heavy (non-hydrogen) atoms. The molecule has 0 aliphatic heterocycles. The Morgan fingerprint density at radius 1 is 1.50 bits per heavy atom. The Bertz CT molecular complexity index is 448. The molecule has 0 bridgehead atoms. The molecular formula is C11H16N4O3. The van der Waals surface area contributed by atoms with Crippen molar-refractivity contribution in [2.45, 2.75) is 13.3 Å². The predicted octanol–water partition coefficient (Wildman–Crippen LogP) is 1.12. The first-order valence-corrected chi connectivity index (χ1v) is 5.59. The summed E-state index contributed by atoms with van der Waals surface area (Å²) in [6, 6.07) is 4.38. The quantitative estimate of drug-likeness (QED) is 0.399. The molecule has 0 fully saturated rings. The molecule has 1 amide bonds. The van der Waals surface area contributed by atoms with Crippen molar-refractivity contribution in [3.8, 4) is 0 Å². The topological polar surface area (TPSA) is 110 Å². The smallest absolute Gasteiger partial charge is 0.292 e. The van der Waals surface area contributed by atoms with Crippen LogP contribution in [0.15, 0.2) is 18.2 Å². The number of amides is 1. The normalized spacial score (nSPS) is 9.83. The van der Waals surface area contributed by atoms with E-state index in [1.807, 2.05) is 6.92 Å². The van der Waals surface area contributed by atoms with E-state index in [2.05, 4.69) is 10.6 Å². The summed E-state index contributed by atoms with van der Waals surface area (Å²) in [6.07, 6.45) is 0.338. The lowest BCUT2D eigenvalue weighted by atomic mass is 10.2. The molecule has 0 spiro atoms. The van der Waals surface area contributed by atoms with Gasteiger partial charge in [0.15, 0.2) is 0 Å². The van der Waals surface area contributed by atoms with E-state index < -0.39 is 4.92 Å². The number of hydrogen-bond acceptors (Lipinski definition) is 5. The van der Waals surface area contributed by atoms with Gasteiger partial charge in [-0.1, -0.05) is 0 Å². The molecule has 0 saturated carbocycles. The van der Waals surface area contributed by atoms with E-state index in [1.54, 1.807) is 6.07 Å². The van der Waals surface area contributed by atoms with Crippen molar-refractivity contribution in [1.82, 2.24) is 5.32 Å². The van der Waals surface area contributed by atoms with Crippen LogP contribution in [-0.2, 0) is 4.79 Å². The van der Waals surface area contributed by atoms with Crippen LogP contribution in [0.4, 0.5) is 17.1 Å². The lowest BCUT2D eigenvalue weighted by molar-refractivity contribution is -0.383. The molecule has 0 atom stereocenters. The van der Waals surface area contributed by atoms with Crippen molar-refractivity contribution in [2.75, 3.05) is 24.1 Å².